The Labute approximate surface area is 152 Å². The van der Waals surface area contributed by atoms with Crippen LogP contribution in [0.3, 0.4) is 0 Å². The third-order valence-corrected chi connectivity index (χ3v) is 3.93. The number of rotatable bonds is 4. The van der Waals surface area contributed by atoms with Gasteiger partial charge in [0.25, 0.3) is 0 Å². The first-order chi connectivity index (χ1) is 12.8. The Morgan fingerprint density at radius 2 is 1.85 bits per heavy atom. The van der Waals surface area contributed by atoms with Gasteiger partial charge in [-0.25, -0.2) is 4.68 Å². The van der Waals surface area contributed by atoms with Gasteiger partial charge >= 0.3 is 6.18 Å². The predicted molar refractivity (Wildman–Crippen MR) is 90.2 cm³/mol. The van der Waals surface area contributed by atoms with Gasteiger partial charge in [-0.3, -0.25) is 9.78 Å². The number of aromatic nitrogens is 3. The molecule has 27 heavy (non-hydrogen) atoms. The van der Waals surface area contributed by atoms with Gasteiger partial charge in [-0.05, 0) is 48.9 Å². The second kappa shape index (κ2) is 7.03. The molecule has 0 saturated heterocycles. The zero-order valence-electron chi connectivity index (χ0n) is 14.1. The maximum atomic E-state index is 12.6. The zero-order valence-corrected chi connectivity index (χ0v) is 14.1. The molecule has 0 saturated carbocycles. The van der Waals surface area contributed by atoms with Crippen molar-refractivity contribution in [1.82, 2.24) is 14.8 Å². The van der Waals surface area contributed by atoms with E-state index >= 15 is 0 Å². The number of ketones is 1. The Kier molecular flexibility index (Phi) is 4.77. The molecule has 0 aliphatic heterocycles. The molecule has 0 N–H and O–H groups in total. The molecule has 0 spiro atoms. The third kappa shape index (κ3) is 3.87. The van der Waals surface area contributed by atoms with Gasteiger partial charge in [-0.1, -0.05) is 0 Å². The monoisotopic (exact) mass is 370 g/mol. The maximum Gasteiger partial charge on any atom is 0.417 e. The summed E-state index contributed by atoms with van der Waals surface area (Å²) in [5.41, 5.74) is 1.02. The van der Waals surface area contributed by atoms with Crippen molar-refractivity contribution in [3.63, 3.8) is 0 Å². The smallest absolute Gasteiger partial charge is 0.292 e. The lowest BCUT2D eigenvalue weighted by molar-refractivity contribution is -0.137. The zero-order chi connectivity index (χ0) is 19.6. The number of alkyl halides is 3. The van der Waals surface area contributed by atoms with Crippen LogP contribution < -0.4 is 0 Å². The molecule has 0 unspecified atom stereocenters. The Balaban J connectivity index is 1.84. The first-order valence-electron chi connectivity index (χ1n) is 7.88. The van der Waals surface area contributed by atoms with E-state index < -0.39 is 23.4 Å². The molecule has 1 atom stereocenters. The Morgan fingerprint density at radius 3 is 2.33 bits per heavy atom. The van der Waals surface area contributed by atoms with Crippen molar-refractivity contribution in [2.24, 2.45) is 0 Å². The second-order valence-corrected chi connectivity index (χ2v) is 5.90. The fraction of sp³-hybridized carbons (Fsp3) is 0.158. The fourth-order valence-electron chi connectivity index (χ4n) is 2.50. The Morgan fingerprint density at radius 1 is 1.15 bits per heavy atom. The summed E-state index contributed by atoms with van der Waals surface area (Å²) in [6.45, 7) is 1.90. The number of nitriles is 1. The van der Waals surface area contributed by atoms with E-state index in [1.807, 2.05) is 19.2 Å². The summed E-state index contributed by atoms with van der Waals surface area (Å²) < 4.78 is 39.5. The molecule has 0 fully saturated rings. The first-order valence-corrected chi connectivity index (χ1v) is 7.88. The highest BCUT2D eigenvalue weighted by atomic mass is 19.4. The Hall–Kier alpha value is -3.47. The first kappa shape index (κ1) is 18.3. The number of hydrogen-bond donors (Lipinski definition) is 0. The van der Waals surface area contributed by atoms with Crippen molar-refractivity contribution in [3.05, 3.63) is 77.4 Å². The number of carbonyl (C=O) groups is 1. The topological polar surface area (TPSA) is 71.6 Å². The minimum absolute atomic E-state index is 0.0257. The van der Waals surface area contributed by atoms with Crippen LogP contribution in [0.4, 0.5) is 13.2 Å². The molecule has 2 heterocycles. The largest absolute Gasteiger partial charge is 0.417 e. The van der Waals surface area contributed by atoms with Gasteiger partial charge in [0.05, 0.1) is 29.2 Å². The van der Waals surface area contributed by atoms with E-state index in [-0.39, 0.29) is 11.3 Å². The molecule has 0 aliphatic rings. The van der Waals surface area contributed by atoms with E-state index in [4.69, 9.17) is 0 Å². The minimum atomic E-state index is -4.53. The molecule has 3 rings (SSSR count). The molecule has 3 aromatic rings. The van der Waals surface area contributed by atoms with Gasteiger partial charge in [0.15, 0.2) is 11.7 Å². The molecule has 0 radical (unpaired) electrons. The molecule has 5 nitrogen and oxygen atoms in total. The quantitative estimate of drug-likeness (QED) is 0.649. The summed E-state index contributed by atoms with van der Waals surface area (Å²) in [5.74, 6) is -1.82. The highest BCUT2D eigenvalue weighted by molar-refractivity contribution is 6.02. The number of hydrogen-bond acceptors (Lipinski definition) is 4. The molecule has 0 bridgehead atoms. The number of aryl methyl sites for hydroxylation is 1. The number of benzene rings is 1. The molecule has 0 amide bonds. The van der Waals surface area contributed by atoms with Crippen molar-refractivity contribution < 1.29 is 18.0 Å². The number of pyridine rings is 1. The summed E-state index contributed by atoms with van der Waals surface area (Å²) in [5, 5.41) is 13.5. The molecule has 1 aromatic carbocycles. The highest BCUT2D eigenvalue weighted by Gasteiger charge is 2.31. The number of Topliss-reactive ketones (excluding diaryl/α,β-unsaturated/α-hetero) is 1. The lowest BCUT2D eigenvalue weighted by Crippen LogP contribution is -2.14. The number of carbonyl (C=O) groups excluding carboxylic acids is 1. The van der Waals surface area contributed by atoms with Crippen LogP contribution >= 0.6 is 0 Å². The van der Waals surface area contributed by atoms with Crippen LogP contribution in [0, 0.1) is 18.3 Å². The van der Waals surface area contributed by atoms with Crippen LogP contribution in [0.25, 0.3) is 5.69 Å². The maximum absolute atomic E-state index is 12.6. The summed E-state index contributed by atoms with van der Waals surface area (Å²) in [7, 11) is 0. The van der Waals surface area contributed by atoms with Gasteiger partial charge in [0, 0.05) is 18.0 Å². The molecule has 2 aromatic heterocycles. The van der Waals surface area contributed by atoms with Crippen molar-refractivity contribution in [2.45, 2.75) is 19.0 Å². The van der Waals surface area contributed by atoms with E-state index in [0.717, 1.165) is 23.4 Å². The Bertz CT molecular complexity index is 999. The van der Waals surface area contributed by atoms with Crippen LogP contribution in [0.5, 0.6) is 0 Å². The second-order valence-electron chi connectivity index (χ2n) is 5.90. The molecule has 136 valence electrons. The van der Waals surface area contributed by atoms with E-state index in [1.165, 1.54) is 0 Å². The van der Waals surface area contributed by atoms with Gasteiger partial charge < -0.3 is 0 Å². The van der Waals surface area contributed by atoms with Crippen LogP contribution in [0.2, 0.25) is 0 Å². The molecular weight excluding hydrogens is 357 g/mol. The van der Waals surface area contributed by atoms with Crippen LogP contribution in [0.15, 0.2) is 55.0 Å². The average Bonchev–Trinajstić information content (AvgIpc) is 3.08. The number of nitrogens with zero attached hydrogens (tertiary/aromatic N) is 4. The molecule has 0 aliphatic carbocycles. The van der Waals surface area contributed by atoms with E-state index in [9.17, 15) is 23.2 Å². The van der Waals surface area contributed by atoms with Gasteiger partial charge in [-0.2, -0.15) is 23.5 Å². The number of halogens is 3. The molecular formula is C19H13F3N4O. The summed E-state index contributed by atoms with van der Waals surface area (Å²) >= 11 is 0. The predicted octanol–water partition coefficient (Wildman–Crippen LogP) is 4.08. The normalized spacial score (nSPS) is 12.4. The van der Waals surface area contributed by atoms with Crippen LogP contribution in [-0.2, 0) is 6.18 Å². The summed E-state index contributed by atoms with van der Waals surface area (Å²) in [6.07, 6.45) is -0.392. The van der Waals surface area contributed by atoms with E-state index in [0.29, 0.717) is 6.20 Å². The van der Waals surface area contributed by atoms with Crippen LogP contribution in [-0.4, -0.2) is 20.5 Å². The van der Waals surface area contributed by atoms with Crippen molar-refractivity contribution in [2.75, 3.05) is 0 Å². The minimum Gasteiger partial charge on any atom is -0.292 e. The van der Waals surface area contributed by atoms with Crippen molar-refractivity contribution in [3.8, 4) is 11.8 Å². The molecule has 8 heteroatoms. The van der Waals surface area contributed by atoms with E-state index in [2.05, 4.69) is 10.1 Å². The summed E-state index contributed by atoms with van der Waals surface area (Å²) in [6, 6.07) is 10.1. The highest BCUT2D eigenvalue weighted by Crippen LogP contribution is 2.29. The van der Waals surface area contributed by atoms with Gasteiger partial charge in [0.1, 0.15) is 0 Å². The van der Waals surface area contributed by atoms with Gasteiger partial charge in [-0.15, -0.1) is 0 Å². The third-order valence-electron chi connectivity index (χ3n) is 3.93. The average molecular weight is 370 g/mol. The SMILES string of the molecule is Cc1cnn(-c2ccc(C(=O)[C@H](C#N)c3ccc(C(F)(F)F)cn3)cc2)c1. The van der Waals surface area contributed by atoms with Crippen LogP contribution in [0.1, 0.15) is 33.1 Å². The lowest BCUT2D eigenvalue weighted by Gasteiger charge is -2.10. The fourth-order valence-corrected chi connectivity index (χ4v) is 2.50. The summed E-state index contributed by atoms with van der Waals surface area (Å²) in [4.78, 5) is 16.3. The lowest BCUT2D eigenvalue weighted by atomic mass is 9.95. The van der Waals surface area contributed by atoms with Crippen molar-refractivity contribution in [1.29, 1.82) is 5.26 Å². The van der Waals surface area contributed by atoms with E-state index in [1.54, 1.807) is 35.1 Å². The van der Waals surface area contributed by atoms with Gasteiger partial charge in [0.2, 0.25) is 0 Å². The standard InChI is InChI=1S/C19H13F3N4O/c1-12-9-25-26(11-12)15-5-2-13(3-6-15)18(27)16(8-23)17-7-4-14(10-24-17)19(20,21)22/h2-7,9-11,16H,1H3/t16-/m1/s1. The van der Waals surface area contributed by atoms with Crippen molar-refractivity contribution >= 4 is 5.78 Å².